The largest absolute Gasteiger partial charge is 0.495 e. The van der Waals surface area contributed by atoms with Crippen molar-refractivity contribution in [3.05, 3.63) is 33.4 Å². The lowest BCUT2D eigenvalue weighted by atomic mass is 9.98. The first-order valence-electron chi connectivity index (χ1n) is 11.4. The smallest absolute Gasteiger partial charge is 0.326 e. The number of carbonyl (C=O) groups excluding carboxylic acids is 2. The monoisotopic (exact) mass is 587 g/mol. The zero-order valence-electron chi connectivity index (χ0n) is 20.4. The number of rotatable bonds is 8. The number of benzene rings is 1. The van der Waals surface area contributed by atoms with Gasteiger partial charge in [0.15, 0.2) is 4.80 Å². The molecule has 200 valence electrons. The molecule has 3 aromatic rings. The fourth-order valence-corrected chi connectivity index (χ4v) is 8.36. The molecule has 0 unspecified atom stereocenters. The van der Waals surface area contributed by atoms with Crippen molar-refractivity contribution >= 4 is 66.4 Å². The molecule has 1 aliphatic heterocycles. The molecule has 2 aromatic heterocycles. The Morgan fingerprint density at radius 2 is 1.76 bits per heavy atom. The van der Waals surface area contributed by atoms with Crippen molar-refractivity contribution in [2.45, 2.75) is 30.5 Å². The first-order chi connectivity index (χ1) is 17.7. The lowest BCUT2D eigenvalue weighted by Gasteiger charge is -2.29. The average Bonchev–Trinajstić information content (AvgIpc) is 3.48. The van der Waals surface area contributed by atoms with Crippen molar-refractivity contribution in [2.75, 3.05) is 33.9 Å². The Hall–Kier alpha value is -2.45. The third-order valence-electron chi connectivity index (χ3n) is 5.94. The number of amides is 1. The van der Waals surface area contributed by atoms with Crippen LogP contribution in [0, 0.1) is 5.92 Å². The van der Waals surface area contributed by atoms with E-state index in [0.717, 1.165) is 11.3 Å². The number of carbonyl (C=O) groups is 2. The molecule has 3 heterocycles. The van der Waals surface area contributed by atoms with E-state index in [1.807, 2.05) is 0 Å². The predicted octanol–water partition coefficient (Wildman–Crippen LogP) is 3.53. The SMILES string of the molecule is CCOC(=O)Cn1c(=NC(=O)C2CCN(S(=O)(=O)c3ccc(Cl)s3)CC2)sc2c(OC)ccc(OC)c21. The molecular formula is C23H26ClN3O7S3. The topological polar surface area (TPSA) is 116 Å². The van der Waals surface area contributed by atoms with Gasteiger partial charge in [0, 0.05) is 19.0 Å². The standard InChI is InChI=1S/C23H26ClN3O7S3/c1-4-34-18(28)13-27-20-15(32-2)5-6-16(33-3)21(20)36-23(27)25-22(29)14-9-11-26(12-10-14)37(30,31)19-8-7-17(24)35-19/h5-8,14H,4,9-13H2,1-3H3. The van der Waals surface area contributed by atoms with E-state index >= 15 is 0 Å². The highest BCUT2D eigenvalue weighted by molar-refractivity contribution is 7.91. The average molecular weight is 588 g/mol. The maximum atomic E-state index is 13.2. The quantitative estimate of drug-likeness (QED) is 0.370. The fraction of sp³-hybridized carbons (Fsp3) is 0.435. The van der Waals surface area contributed by atoms with Gasteiger partial charge in [0.05, 0.1) is 25.2 Å². The van der Waals surface area contributed by atoms with E-state index in [4.69, 9.17) is 25.8 Å². The van der Waals surface area contributed by atoms with E-state index in [0.29, 0.717) is 43.7 Å². The summed E-state index contributed by atoms with van der Waals surface area (Å²) in [7, 11) is -0.616. The maximum Gasteiger partial charge on any atom is 0.326 e. The molecule has 10 nitrogen and oxygen atoms in total. The van der Waals surface area contributed by atoms with Crippen LogP contribution in [0.5, 0.6) is 11.5 Å². The molecule has 0 saturated carbocycles. The molecule has 0 N–H and O–H groups in total. The molecule has 0 aliphatic carbocycles. The van der Waals surface area contributed by atoms with Crippen LogP contribution in [0.1, 0.15) is 19.8 Å². The highest BCUT2D eigenvalue weighted by Crippen LogP contribution is 2.35. The molecule has 0 bridgehead atoms. The summed E-state index contributed by atoms with van der Waals surface area (Å²) in [6.07, 6.45) is 0.659. The number of nitrogens with zero attached hydrogens (tertiary/aromatic N) is 3. The number of fused-ring (bicyclic) bond motifs is 1. The third-order valence-corrected chi connectivity index (χ3v) is 10.6. The second-order valence-corrected chi connectivity index (χ2v) is 13.0. The highest BCUT2D eigenvalue weighted by atomic mass is 35.5. The third kappa shape index (κ3) is 5.70. The normalized spacial score (nSPS) is 15.7. The van der Waals surface area contributed by atoms with Crippen molar-refractivity contribution in [2.24, 2.45) is 10.9 Å². The number of halogens is 1. The Morgan fingerprint density at radius 1 is 1.08 bits per heavy atom. The van der Waals surface area contributed by atoms with Crippen molar-refractivity contribution in [3.8, 4) is 11.5 Å². The van der Waals surface area contributed by atoms with Gasteiger partial charge in [0.1, 0.15) is 32.5 Å². The molecule has 4 rings (SSSR count). The van der Waals surface area contributed by atoms with Gasteiger partial charge in [-0.1, -0.05) is 22.9 Å². The molecular weight excluding hydrogens is 562 g/mol. The second kappa shape index (κ2) is 11.5. The first kappa shape index (κ1) is 27.6. The van der Waals surface area contributed by atoms with Crippen LogP contribution < -0.4 is 14.3 Å². The molecule has 1 fully saturated rings. The van der Waals surface area contributed by atoms with E-state index in [-0.39, 0.29) is 36.4 Å². The van der Waals surface area contributed by atoms with Crippen LogP contribution in [-0.4, -0.2) is 63.1 Å². The molecule has 1 aromatic carbocycles. The zero-order valence-corrected chi connectivity index (χ0v) is 23.6. The number of sulfonamides is 1. The Bertz CT molecular complexity index is 1480. The van der Waals surface area contributed by atoms with E-state index < -0.39 is 21.9 Å². The summed E-state index contributed by atoms with van der Waals surface area (Å²) in [5, 5.41) is 0. The van der Waals surface area contributed by atoms with E-state index in [1.165, 1.54) is 35.9 Å². The molecule has 1 amide bonds. The predicted molar refractivity (Wildman–Crippen MR) is 141 cm³/mol. The van der Waals surface area contributed by atoms with Gasteiger partial charge in [-0.25, -0.2) is 8.42 Å². The summed E-state index contributed by atoms with van der Waals surface area (Å²) in [5.41, 5.74) is 0.571. The minimum Gasteiger partial charge on any atom is -0.495 e. The van der Waals surface area contributed by atoms with Gasteiger partial charge in [-0.2, -0.15) is 9.30 Å². The number of methoxy groups -OCH3 is 2. The number of esters is 1. The van der Waals surface area contributed by atoms with Crippen molar-refractivity contribution in [1.82, 2.24) is 8.87 Å². The van der Waals surface area contributed by atoms with Crippen LogP contribution in [-0.2, 0) is 30.9 Å². The minimum absolute atomic E-state index is 0.163. The van der Waals surface area contributed by atoms with Gasteiger partial charge in [-0.3, -0.25) is 9.59 Å². The van der Waals surface area contributed by atoms with Gasteiger partial charge >= 0.3 is 5.97 Å². The van der Waals surface area contributed by atoms with Crippen molar-refractivity contribution in [3.63, 3.8) is 0 Å². The van der Waals surface area contributed by atoms with Gasteiger partial charge in [0.2, 0.25) is 0 Å². The summed E-state index contributed by atoms with van der Waals surface area (Å²) in [6.45, 7) is 2.16. The summed E-state index contributed by atoms with van der Waals surface area (Å²) in [5.74, 6) is -0.258. The van der Waals surface area contributed by atoms with Gasteiger partial charge in [-0.05, 0) is 44.0 Å². The number of hydrogen-bond donors (Lipinski definition) is 0. The van der Waals surface area contributed by atoms with Crippen molar-refractivity contribution in [1.29, 1.82) is 0 Å². The summed E-state index contributed by atoms with van der Waals surface area (Å²) >= 11 is 8.12. The molecule has 0 spiro atoms. The fourth-order valence-electron chi connectivity index (χ4n) is 4.11. The summed E-state index contributed by atoms with van der Waals surface area (Å²) < 4.78 is 46.1. The lowest BCUT2D eigenvalue weighted by molar-refractivity contribution is -0.143. The van der Waals surface area contributed by atoms with Crippen LogP contribution in [0.4, 0.5) is 0 Å². The Balaban J connectivity index is 1.63. The second-order valence-electron chi connectivity index (χ2n) is 8.11. The number of thiophene rings is 1. The molecule has 1 saturated heterocycles. The zero-order chi connectivity index (χ0) is 26.7. The molecule has 1 aliphatic rings. The summed E-state index contributed by atoms with van der Waals surface area (Å²) in [4.78, 5) is 30.3. The lowest BCUT2D eigenvalue weighted by Crippen LogP contribution is -2.40. The minimum atomic E-state index is -3.66. The van der Waals surface area contributed by atoms with Crippen molar-refractivity contribution < 1.29 is 32.2 Å². The maximum absolute atomic E-state index is 13.2. The molecule has 0 atom stereocenters. The Morgan fingerprint density at radius 3 is 2.35 bits per heavy atom. The van der Waals surface area contributed by atoms with Crippen LogP contribution in [0.25, 0.3) is 10.2 Å². The summed E-state index contributed by atoms with van der Waals surface area (Å²) in [6, 6.07) is 6.50. The van der Waals surface area contributed by atoms with E-state index in [9.17, 15) is 18.0 Å². The molecule has 37 heavy (non-hydrogen) atoms. The number of thiazole rings is 1. The van der Waals surface area contributed by atoms with Gasteiger partial charge in [0.25, 0.3) is 15.9 Å². The van der Waals surface area contributed by atoms with Crippen LogP contribution in [0.15, 0.2) is 33.5 Å². The van der Waals surface area contributed by atoms with Crippen LogP contribution in [0.3, 0.4) is 0 Å². The number of aromatic nitrogens is 1. The Kier molecular flexibility index (Phi) is 8.59. The molecule has 14 heteroatoms. The Labute approximate surface area is 227 Å². The van der Waals surface area contributed by atoms with Crippen LogP contribution in [0.2, 0.25) is 4.34 Å². The van der Waals surface area contributed by atoms with E-state index in [1.54, 1.807) is 29.7 Å². The van der Waals surface area contributed by atoms with Gasteiger partial charge in [-0.15, -0.1) is 11.3 Å². The van der Waals surface area contributed by atoms with Crippen LogP contribution >= 0.6 is 34.3 Å². The van der Waals surface area contributed by atoms with Gasteiger partial charge < -0.3 is 18.8 Å². The number of hydrogen-bond acceptors (Lipinski definition) is 9. The van der Waals surface area contributed by atoms with E-state index in [2.05, 4.69) is 4.99 Å². The first-order valence-corrected chi connectivity index (χ1v) is 14.9. The highest BCUT2D eigenvalue weighted by Gasteiger charge is 2.33. The number of ether oxygens (including phenoxy) is 3. The number of piperidine rings is 1. The molecule has 0 radical (unpaired) electrons.